The third-order valence-corrected chi connectivity index (χ3v) is 2.97. The summed E-state index contributed by atoms with van der Waals surface area (Å²) < 4.78 is 0. The molecular formula is C8H11NO4. The van der Waals surface area contributed by atoms with Crippen LogP contribution in [-0.4, -0.2) is 45.2 Å². The van der Waals surface area contributed by atoms with Crippen LogP contribution in [0.15, 0.2) is 0 Å². The smallest absolute Gasteiger partial charge is 0.329 e. The predicted molar refractivity (Wildman–Crippen MR) is 41.9 cm³/mol. The van der Waals surface area contributed by atoms with Crippen LogP contribution < -0.4 is 0 Å². The number of hydrogen-bond acceptors (Lipinski definition) is 3. The maximum atomic E-state index is 11.3. The molecule has 2 fully saturated rings. The number of amides is 1. The van der Waals surface area contributed by atoms with E-state index in [9.17, 15) is 14.7 Å². The van der Waals surface area contributed by atoms with Crippen LogP contribution in [0.3, 0.4) is 0 Å². The number of carbonyl (C=O) groups excluding carboxylic acids is 1. The van der Waals surface area contributed by atoms with Crippen molar-refractivity contribution in [3.63, 3.8) is 0 Å². The summed E-state index contributed by atoms with van der Waals surface area (Å²) in [5.41, 5.74) is -1.10. The normalized spacial score (nSPS) is 38.1. The Morgan fingerprint density at radius 3 is 2.85 bits per heavy atom. The van der Waals surface area contributed by atoms with E-state index >= 15 is 0 Å². The van der Waals surface area contributed by atoms with Gasteiger partial charge in [0.1, 0.15) is 11.6 Å². The maximum absolute atomic E-state index is 11.3. The third kappa shape index (κ3) is 0.904. The van der Waals surface area contributed by atoms with Crippen molar-refractivity contribution >= 4 is 11.9 Å². The number of hydrogen-bond donors (Lipinski definition) is 2. The fraction of sp³-hybridized carbons (Fsp3) is 0.750. The van der Waals surface area contributed by atoms with Crippen LogP contribution >= 0.6 is 0 Å². The Labute approximate surface area is 75.0 Å². The van der Waals surface area contributed by atoms with E-state index in [2.05, 4.69) is 0 Å². The number of rotatable bonds is 1. The monoisotopic (exact) mass is 185 g/mol. The highest BCUT2D eigenvalue weighted by Crippen LogP contribution is 2.39. The second-order valence-electron chi connectivity index (χ2n) is 3.65. The summed E-state index contributed by atoms with van der Waals surface area (Å²) in [4.78, 5) is 23.6. The molecule has 5 heteroatoms. The van der Waals surface area contributed by atoms with Gasteiger partial charge in [0.05, 0.1) is 0 Å². The summed E-state index contributed by atoms with van der Waals surface area (Å²) >= 11 is 0. The van der Waals surface area contributed by atoms with Crippen molar-refractivity contribution in [2.75, 3.05) is 6.54 Å². The quantitative estimate of drug-likeness (QED) is 0.560. The van der Waals surface area contributed by atoms with Gasteiger partial charge in [-0.2, -0.15) is 0 Å². The first-order valence-electron chi connectivity index (χ1n) is 4.31. The summed E-state index contributed by atoms with van der Waals surface area (Å²) in [5.74, 6) is -1.42. The van der Waals surface area contributed by atoms with Gasteiger partial charge < -0.3 is 15.1 Å². The van der Waals surface area contributed by atoms with E-state index in [-0.39, 0.29) is 6.42 Å². The van der Waals surface area contributed by atoms with Gasteiger partial charge in [-0.3, -0.25) is 4.79 Å². The number of carboxylic acids is 1. The molecule has 0 aromatic heterocycles. The molecular weight excluding hydrogens is 174 g/mol. The van der Waals surface area contributed by atoms with E-state index in [0.29, 0.717) is 19.4 Å². The minimum atomic E-state index is -1.11. The van der Waals surface area contributed by atoms with Gasteiger partial charge in [0.25, 0.3) is 5.91 Å². The fourth-order valence-corrected chi connectivity index (χ4v) is 2.31. The van der Waals surface area contributed by atoms with Gasteiger partial charge in [-0.25, -0.2) is 4.79 Å². The molecule has 2 rings (SSSR count). The SMILES string of the molecule is O=C1[C@@H](O)C[C@@]2(C(=O)O)CCCN12. The molecule has 1 amide bonds. The van der Waals surface area contributed by atoms with Crippen LogP contribution in [0, 0.1) is 0 Å². The number of carboxylic acid groups (broad SMARTS) is 1. The Bertz CT molecular complexity index is 277. The standard InChI is InChI=1S/C8H11NO4/c10-5-4-8(7(12)13)2-1-3-9(8)6(5)11/h5,10H,1-4H2,(H,12,13)/t5-,8+/m0/s1. The van der Waals surface area contributed by atoms with Crippen molar-refractivity contribution in [3.05, 3.63) is 0 Å². The van der Waals surface area contributed by atoms with E-state index in [1.807, 2.05) is 0 Å². The van der Waals surface area contributed by atoms with Crippen molar-refractivity contribution in [3.8, 4) is 0 Å². The summed E-state index contributed by atoms with van der Waals surface area (Å²) in [5, 5.41) is 18.3. The molecule has 0 aromatic rings. The first kappa shape index (κ1) is 8.50. The average Bonchev–Trinajstić information content (AvgIpc) is 2.55. The lowest BCUT2D eigenvalue weighted by Crippen LogP contribution is -2.47. The van der Waals surface area contributed by atoms with Crippen molar-refractivity contribution in [1.29, 1.82) is 0 Å². The second kappa shape index (κ2) is 2.45. The number of aliphatic carboxylic acids is 1. The highest BCUT2D eigenvalue weighted by Gasteiger charge is 2.57. The van der Waals surface area contributed by atoms with Gasteiger partial charge in [-0.05, 0) is 12.8 Å². The van der Waals surface area contributed by atoms with Gasteiger partial charge in [0.2, 0.25) is 0 Å². The average molecular weight is 185 g/mol. The molecule has 0 saturated carbocycles. The molecule has 5 nitrogen and oxygen atoms in total. The molecule has 2 atom stereocenters. The lowest BCUT2D eigenvalue weighted by Gasteiger charge is -2.26. The summed E-state index contributed by atoms with van der Waals surface area (Å²) in [6, 6.07) is 0. The second-order valence-corrected chi connectivity index (χ2v) is 3.65. The zero-order valence-electron chi connectivity index (χ0n) is 7.06. The molecule has 2 heterocycles. The third-order valence-electron chi connectivity index (χ3n) is 2.97. The van der Waals surface area contributed by atoms with Crippen molar-refractivity contribution in [1.82, 2.24) is 4.90 Å². The lowest BCUT2D eigenvalue weighted by atomic mass is 9.94. The molecule has 0 aromatic carbocycles. The molecule has 0 spiro atoms. The highest BCUT2D eigenvalue weighted by atomic mass is 16.4. The number of fused-ring (bicyclic) bond motifs is 1. The molecule has 0 unspecified atom stereocenters. The fourth-order valence-electron chi connectivity index (χ4n) is 2.31. The van der Waals surface area contributed by atoms with Crippen LogP contribution in [-0.2, 0) is 9.59 Å². The Hall–Kier alpha value is -1.10. The molecule has 2 aliphatic rings. The number of aliphatic hydroxyl groups excluding tert-OH is 1. The lowest BCUT2D eigenvalue weighted by molar-refractivity contribution is -0.152. The topological polar surface area (TPSA) is 77.8 Å². The van der Waals surface area contributed by atoms with Gasteiger partial charge in [-0.1, -0.05) is 0 Å². The predicted octanol–water partition coefficient (Wildman–Crippen LogP) is -0.803. The largest absolute Gasteiger partial charge is 0.479 e. The van der Waals surface area contributed by atoms with Crippen LogP contribution in [0.5, 0.6) is 0 Å². The maximum Gasteiger partial charge on any atom is 0.329 e. The van der Waals surface area contributed by atoms with Crippen LogP contribution in [0.1, 0.15) is 19.3 Å². The van der Waals surface area contributed by atoms with Crippen LogP contribution in [0.25, 0.3) is 0 Å². The Morgan fingerprint density at radius 2 is 2.31 bits per heavy atom. The number of carbonyl (C=O) groups is 2. The Morgan fingerprint density at radius 1 is 1.62 bits per heavy atom. The van der Waals surface area contributed by atoms with Crippen LogP contribution in [0.4, 0.5) is 0 Å². The first-order chi connectivity index (χ1) is 6.08. The van der Waals surface area contributed by atoms with Crippen molar-refractivity contribution in [2.45, 2.75) is 30.9 Å². The molecule has 2 aliphatic heterocycles. The van der Waals surface area contributed by atoms with E-state index in [1.165, 1.54) is 4.90 Å². The summed E-state index contributed by atoms with van der Waals surface area (Å²) in [6.45, 7) is 0.461. The first-order valence-corrected chi connectivity index (χ1v) is 4.31. The van der Waals surface area contributed by atoms with Gasteiger partial charge in [-0.15, -0.1) is 0 Å². The van der Waals surface area contributed by atoms with Crippen molar-refractivity contribution in [2.24, 2.45) is 0 Å². The zero-order chi connectivity index (χ0) is 9.64. The minimum Gasteiger partial charge on any atom is -0.479 e. The zero-order valence-corrected chi connectivity index (χ0v) is 7.06. The van der Waals surface area contributed by atoms with Crippen molar-refractivity contribution < 1.29 is 19.8 Å². The summed E-state index contributed by atoms with van der Waals surface area (Å²) in [6.07, 6.45) is 0.105. The molecule has 0 bridgehead atoms. The van der Waals surface area contributed by atoms with E-state index in [4.69, 9.17) is 5.11 Å². The van der Waals surface area contributed by atoms with Gasteiger partial charge in [0.15, 0.2) is 0 Å². The van der Waals surface area contributed by atoms with Crippen LogP contribution in [0.2, 0.25) is 0 Å². The molecule has 13 heavy (non-hydrogen) atoms. The van der Waals surface area contributed by atoms with E-state index < -0.39 is 23.5 Å². The van der Waals surface area contributed by atoms with Gasteiger partial charge in [0, 0.05) is 13.0 Å². The number of aliphatic hydroxyl groups is 1. The highest BCUT2D eigenvalue weighted by molar-refractivity contribution is 5.94. The van der Waals surface area contributed by atoms with E-state index in [1.54, 1.807) is 0 Å². The minimum absolute atomic E-state index is 0.0428. The Balaban J connectivity index is 2.37. The van der Waals surface area contributed by atoms with Gasteiger partial charge >= 0.3 is 5.97 Å². The summed E-state index contributed by atoms with van der Waals surface area (Å²) in [7, 11) is 0. The molecule has 0 aliphatic carbocycles. The molecule has 72 valence electrons. The molecule has 0 radical (unpaired) electrons. The Kier molecular flexibility index (Phi) is 1.60. The number of nitrogens with zero attached hydrogens (tertiary/aromatic N) is 1. The molecule has 2 N–H and O–H groups in total. The molecule has 2 saturated heterocycles. The van der Waals surface area contributed by atoms with E-state index in [0.717, 1.165) is 0 Å².